The van der Waals surface area contributed by atoms with Crippen LogP contribution in [0.15, 0.2) is 48.7 Å². The maximum atomic E-state index is 12.0. The maximum absolute atomic E-state index is 12.0. The van der Waals surface area contributed by atoms with E-state index >= 15 is 0 Å². The summed E-state index contributed by atoms with van der Waals surface area (Å²) >= 11 is 12.0. The number of fused-ring (bicyclic) bond motifs is 1. The van der Waals surface area contributed by atoms with Crippen LogP contribution in [-0.2, 0) is 11.3 Å². The minimum atomic E-state index is -0.0899. The smallest absolute Gasteiger partial charge is 0.226 e. The predicted octanol–water partition coefficient (Wildman–Crippen LogP) is 4.37. The minimum absolute atomic E-state index is 0.0899. The fraction of sp³-hybridized carbons (Fsp3) is 0.125. The Morgan fingerprint density at radius 2 is 2.00 bits per heavy atom. The van der Waals surface area contributed by atoms with Crippen molar-refractivity contribution in [1.82, 2.24) is 9.78 Å². The van der Waals surface area contributed by atoms with E-state index in [-0.39, 0.29) is 5.91 Å². The van der Waals surface area contributed by atoms with E-state index in [9.17, 15) is 4.79 Å². The SMILES string of the molecule is O=C(CCn1ncc2c(Cl)cccc21)Nc1cccc(Cl)c1. The average molecular weight is 334 g/mol. The largest absolute Gasteiger partial charge is 0.326 e. The molecule has 0 spiro atoms. The second kappa shape index (κ2) is 6.38. The molecule has 1 amide bonds. The van der Waals surface area contributed by atoms with E-state index in [1.807, 2.05) is 18.2 Å². The first-order valence-electron chi connectivity index (χ1n) is 6.79. The molecule has 0 aliphatic rings. The van der Waals surface area contributed by atoms with Gasteiger partial charge in [-0.05, 0) is 30.3 Å². The molecule has 0 saturated heterocycles. The molecule has 1 heterocycles. The van der Waals surface area contributed by atoms with E-state index < -0.39 is 0 Å². The Labute approximate surface area is 137 Å². The third-order valence-electron chi connectivity index (χ3n) is 3.29. The second-order valence-electron chi connectivity index (χ2n) is 4.85. The van der Waals surface area contributed by atoms with Crippen molar-refractivity contribution in [3.63, 3.8) is 0 Å². The highest BCUT2D eigenvalue weighted by Crippen LogP contribution is 2.23. The van der Waals surface area contributed by atoms with Gasteiger partial charge >= 0.3 is 0 Å². The lowest BCUT2D eigenvalue weighted by Crippen LogP contribution is -2.14. The van der Waals surface area contributed by atoms with Crippen LogP contribution in [0.3, 0.4) is 0 Å². The van der Waals surface area contributed by atoms with Gasteiger partial charge in [0.1, 0.15) is 0 Å². The number of hydrogen-bond donors (Lipinski definition) is 1. The van der Waals surface area contributed by atoms with Crippen molar-refractivity contribution >= 4 is 45.7 Å². The minimum Gasteiger partial charge on any atom is -0.326 e. The van der Waals surface area contributed by atoms with Crippen LogP contribution in [0.2, 0.25) is 10.0 Å². The van der Waals surface area contributed by atoms with Crippen LogP contribution < -0.4 is 5.32 Å². The van der Waals surface area contributed by atoms with Gasteiger partial charge in [-0.15, -0.1) is 0 Å². The number of rotatable bonds is 4. The molecule has 3 rings (SSSR count). The summed E-state index contributed by atoms with van der Waals surface area (Å²) in [6, 6.07) is 12.7. The van der Waals surface area contributed by atoms with Gasteiger partial charge in [0.25, 0.3) is 0 Å². The molecule has 0 radical (unpaired) electrons. The second-order valence-corrected chi connectivity index (χ2v) is 5.69. The number of amides is 1. The lowest BCUT2D eigenvalue weighted by atomic mass is 10.2. The molecule has 3 aromatic rings. The summed E-state index contributed by atoms with van der Waals surface area (Å²) < 4.78 is 1.78. The van der Waals surface area contributed by atoms with Crippen molar-refractivity contribution in [3.05, 3.63) is 58.7 Å². The molecule has 0 aliphatic heterocycles. The number of halogens is 2. The molecular weight excluding hydrogens is 321 g/mol. The first-order valence-corrected chi connectivity index (χ1v) is 7.54. The molecule has 0 aliphatic carbocycles. The highest BCUT2D eigenvalue weighted by atomic mass is 35.5. The van der Waals surface area contributed by atoms with Gasteiger partial charge in [0.15, 0.2) is 0 Å². The van der Waals surface area contributed by atoms with Gasteiger partial charge in [-0.25, -0.2) is 0 Å². The number of aromatic nitrogens is 2. The first-order chi connectivity index (χ1) is 10.6. The average Bonchev–Trinajstić information content (AvgIpc) is 2.90. The Kier molecular flexibility index (Phi) is 4.32. The zero-order valence-electron chi connectivity index (χ0n) is 11.6. The van der Waals surface area contributed by atoms with Crippen molar-refractivity contribution in [2.45, 2.75) is 13.0 Å². The van der Waals surface area contributed by atoms with E-state index in [0.717, 1.165) is 10.9 Å². The van der Waals surface area contributed by atoms with Gasteiger partial charge in [-0.1, -0.05) is 35.3 Å². The van der Waals surface area contributed by atoms with Crippen molar-refractivity contribution < 1.29 is 4.79 Å². The van der Waals surface area contributed by atoms with E-state index in [1.165, 1.54) is 0 Å². The Balaban J connectivity index is 1.66. The van der Waals surface area contributed by atoms with Crippen LogP contribution in [-0.4, -0.2) is 15.7 Å². The van der Waals surface area contributed by atoms with E-state index in [1.54, 1.807) is 35.1 Å². The van der Waals surface area contributed by atoms with Gasteiger partial charge in [-0.3, -0.25) is 9.48 Å². The quantitative estimate of drug-likeness (QED) is 0.770. The fourth-order valence-electron chi connectivity index (χ4n) is 2.24. The summed E-state index contributed by atoms with van der Waals surface area (Å²) in [4.78, 5) is 12.0. The predicted molar refractivity (Wildman–Crippen MR) is 89.4 cm³/mol. The van der Waals surface area contributed by atoms with E-state index in [0.29, 0.717) is 28.7 Å². The van der Waals surface area contributed by atoms with Gasteiger partial charge in [-0.2, -0.15) is 5.10 Å². The number of anilines is 1. The molecule has 22 heavy (non-hydrogen) atoms. The summed E-state index contributed by atoms with van der Waals surface area (Å²) in [5.41, 5.74) is 1.61. The van der Waals surface area contributed by atoms with Crippen molar-refractivity contribution in [1.29, 1.82) is 0 Å². The molecule has 0 saturated carbocycles. The van der Waals surface area contributed by atoms with Crippen LogP contribution in [0, 0.1) is 0 Å². The number of carbonyl (C=O) groups is 1. The highest BCUT2D eigenvalue weighted by molar-refractivity contribution is 6.35. The Morgan fingerprint density at radius 1 is 1.18 bits per heavy atom. The van der Waals surface area contributed by atoms with Gasteiger partial charge < -0.3 is 5.32 Å². The molecule has 4 nitrogen and oxygen atoms in total. The van der Waals surface area contributed by atoms with Gasteiger partial charge in [0, 0.05) is 22.5 Å². The molecule has 1 aromatic heterocycles. The van der Waals surface area contributed by atoms with Crippen molar-refractivity contribution in [2.24, 2.45) is 0 Å². The summed E-state index contributed by atoms with van der Waals surface area (Å²) in [6.45, 7) is 0.482. The van der Waals surface area contributed by atoms with Gasteiger partial charge in [0.2, 0.25) is 5.91 Å². The fourth-order valence-corrected chi connectivity index (χ4v) is 2.65. The monoisotopic (exact) mass is 333 g/mol. The normalized spacial score (nSPS) is 10.8. The standard InChI is InChI=1S/C16H13Cl2N3O/c17-11-3-1-4-12(9-11)20-16(22)7-8-21-15-6-2-5-14(18)13(15)10-19-21/h1-6,9-10H,7-8H2,(H,20,22). The zero-order chi connectivity index (χ0) is 15.5. The zero-order valence-corrected chi connectivity index (χ0v) is 13.1. The molecule has 0 fully saturated rings. The molecular formula is C16H13Cl2N3O. The van der Waals surface area contributed by atoms with E-state index in [4.69, 9.17) is 23.2 Å². The first kappa shape index (κ1) is 14.9. The lowest BCUT2D eigenvalue weighted by Gasteiger charge is -2.06. The van der Waals surface area contributed by atoms with E-state index in [2.05, 4.69) is 10.4 Å². The summed E-state index contributed by atoms with van der Waals surface area (Å²) in [5.74, 6) is -0.0899. The van der Waals surface area contributed by atoms with Gasteiger partial charge in [0.05, 0.1) is 23.3 Å². The van der Waals surface area contributed by atoms with Crippen LogP contribution >= 0.6 is 23.2 Å². The van der Waals surface area contributed by atoms with Crippen molar-refractivity contribution in [3.8, 4) is 0 Å². The van der Waals surface area contributed by atoms with Crippen LogP contribution in [0.5, 0.6) is 0 Å². The summed E-state index contributed by atoms with van der Waals surface area (Å²) in [5, 5.41) is 9.23. The molecule has 0 bridgehead atoms. The Hall–Kier alpha value is -2.04. The molecule has 112 valence electrons. The Morgan fingerprint density at radius 3 is 2.82 bits per heavy atom. The third kappa shape index (κ3) is 3.24. The number of nitrogens with zero attached hydrogens (tertiary/aromatic N) is 2. The van der Waals surface area contributed by atoms with Crippen LogP contribution in [0.25, 0.3) is 10.9 Å². The number of hydrogen-bond acceptors (Lipinski definition) is 2. The number of aryl methyl sites for hydroxylation is 1. The third-order valence-corrected chi connectivity index (χ3v) is 3.86. The topological polar surface area (TPSA) is 46.9 Å². The Bertz CT molecular complexity index is 829. The molecule has 0 unspecified atom stereocenters. The number of nitrogens with one attached hydrogen (secondary N) is 1. The maximum Gasteiger partial charge on any atom is 0.226 e. The number of carbonyl (C=O) groups excluding carboxylic acids is 1. The molecule has 0 atom stereocenters. The lowest BCUT2D eigenvalue weighted by molar-refractivity contribution is -0.116. The van der Waals surface area contributed by atoms with Crippen LogP contribution in [0.1, 0.15) is 6.42 Å². The molecule has 2 aromatic carbocycles. The van der Waals surface area contributed by atoms with Crippen molar-refractivity contribution in [2.75, 3.05) is 5.32 Å². The molecule has 6 heteroatoms. The number of benzene rings is 2. The summed E-state index contributed by atoms with van der Waals surface area (Å²) in [7, 11) is 0. The van der Waals surface area contributed by atoms with Crippen LogP contribution in [0.4, 0.5) is 5.69 Å². The summed E-state index contributed by atoms with van der Waals surface area (Å²) in [6.07, 6.45) is 2.03. The molecule has 1 N–H and O–H groups in total. The highest BCUT2D eigenvalue weighted by Gasteiger charge is 2.08.